The molecule has 0 atom stereocenters. The third-order valence-corrected chi connectivity index (χ3v) is 3.52. The first-order valence-corrected chi connectivity index (χ1v) is 6.74. The summed E-state index contributed by atoms with van der Waals surface area (Å²) in [5, 5.41) is 0.0444. The van der Waals surface area contributed by atoms with Gasteiger partial charge >= 0.3 is 0 Å². The van der Waals surface area contributed by atoms with Gasteiger partial charge in [-0.25, -0.2) is 4.39 Å². The minimum absolute atomic E-state index is 0.00549. The molecule has 0 radical (unpaired) electrons. The molecule has 0 aromatic heterocycles. The van der Waals surface area contributed by atoms with Crippen molar-refractivity contribution in [3.8, 4) is 0 Å². The van der Waals surface area contributed by atoms with Gasteiger partial charge in [0.2, 0.25) is 0 Å². The van der Waals surface area contributed by atoms with Crippen LogP contribution in [-0.2, 0) is 6.42 Å². The molecule has 0 unspecified atom stereocenters. The third-order valence-electron chi connectivity index (χ3n) is 2.51. The van der Waals surface area contributed by atoms with E-state index >= 15 is 0 Å². The fourth-order valence-electron chi connectivity index (χ4n) is 1.57. The van der Waals surface area contributed by atoms with Crippen LogP contribution in [-0.4, -0.2) is 5.78 Å². The van der Waals surface area contributed by atoms with Gasteiger partial charge in [0.25, 0.3) is 0 Å². The lowest BCUT2D eigenvalue weighted by Gasteiger charge is -2.03. The van der Waals surface area contributed by atoms with Crippen molar-refractivity contribution >= 4 is 40.0 Å². The van der Waals surface area contributed by atoms with Gasteiger partial charge in [0.15, 0.2) is 5.78 Å². The van der Waals surface area contributed by atoms with Crippen molar-refractivity contribution in [2.75, 3.05) is 0 Å². The summed E-state index contributed by atoms with van der Waals surface area (Å²) in [7, 11) is 0. The molecule has 0 aliphatic heterocycles. The van der Waals surface area contributed by atoms with Crippen LogP contribution in [0.15, 0.2) is 42.5 Å². The zero-order valence-corrected chi connectivity index (χ0v) is 12.2. The molecule has 0 fully saturated rings. The minimum atomic E-state index is -0.470. The van der Waals surface area contributed by atoms with E-state index in [1.54, 1.807) is 18.2 Å². The smallest absolute Gasteiger partial charge is 0.167 e. The molecule has 92 valence electrons. The normalized spacial score (nSPS) is 10.4. The van der Waals surface area contributed by atoms with E-state index in [9.17, 15) is 9.18 Å². The van der Waals surface area contributed by atoms with E-state index in [0.717, 1.165) is 3.57 Å². The van der Waals surface area contributed by atoms with Crippen molar-refractivity contribution in [1.82, 2.24) is 0 Å². The summed E-state index contributed by atoms with van der Waals surface area (Å²) in [6.45, 7) is 0. The highest BCUT2D eigenvalue weighted by Crippen LogP contribution is 2.17. The molecule has 0 N–H and O–H groups in total. The molecule has 2 aromatic rings. The Labute approximate surface area is 123 Å². The summed E-state index contributed by atoms with van der Waals surface area (Å²) in [5.41, 5.74) is 1.36. The second kappa shape index (κ2) is 5.80. The molecule has 18 heavy (non-hydrogen) atoms. The van der Waals surface area contributed by atoms with Crippen molar-refractivity contribution in [2.24, 2.45) is 0 Å². The molecule has 0 amide bonds. The Hall–Kier alpha value is -0.940. The lowest BCUT2D eigenvalue weighted by Crippen LogP contribution is -2.03. The molecule has 1 nitrogen and oxygen atoms in total. The van der Waals surface area contributed by atoms with Crippen LogP contribution in [0.25, 0.3) is 0 Å². The van der Waals surface area contributed by atoms with Crippen LogP contribution >= 0.6 is 34.2 Å². The Balaban J connectivity index is 2.16. The number of carbonyl (C=O) groups is 1. The van der Waals surface area contributed by atoms with Crippen LogP contribution < -0.4 is 0 Å². The zero-order valence-electron chi connectivity index (χ0n) is 9.29. The molecule has 0 aliphatic rings. The number of ketones is 1. The van der Waals surface area contributed by atoms with Gasteiger partial charge in [-0.1, -0.05) is 29.8 Å². The zero-order chi connectivity index (χ0) is 13.1. The quantitative estimate of drug-likeness (QED) is 0.571. The molecule has 2 aromatic carbocycles. The van der Waals surface area contributed by atoms with Crippen molar-refractivity contribution in [1.29, 1.82) is 0 Å². The third kappa shape index (κ3) is 3.29. The highest BCUT2D eigenvalue weighted by Gasteiger charge is 2.08. The number of Topliss-reactive ketones (excluding diaryl/α,β-unsaturated/α-hetero) is 1. The maximum absolute atomic E-state index is 13.0. The fourth-order valence-corrected chi connectivity index (χ4v) is 2.14. The van der Waals surface area contributed by atoms with Gasteiger partial charge in [0.1, 0.15) is 5.82 Å². The van der Waals surface area contributed by atoms with Crippen molar-refractivity contribution in [2.45, 2.75) is 6.42 Å². The highest BCUT2D eigenvalue weighted by molar-refractivity contribution is 14.1. The molecular weight excluding hydrogens is 366 g/mol. The molecule has 0 saturated heterocycles. The first-order valence-electron chi connectivity index (χ1n) is 5.29. The van der Waals surface area contributed by atoms with Crippen LogP contribution in [0.3, 0.4) is 0 Å². The summed E-state index contributed by atoms with van der Waals surface area (Å²) >= 11 is 7.86. The van der Waals surface area contributed by atoms with E-state index in [1.807, 2.05) is 12.1 Å². The summed E-state index contributed by atoms with van der Waals surface area (Å²) in [6.07, 6.45) is 0.223. The topological polar surface area (TPSA) is 17.1 Å². The Morgan fingerprint density at radius 3 is 2.44 bits per heavy atom. The maximum atomic E-state index is 13.0. The van der Waals surface area contributed by atoms with Crippen LogP contribution in [0, 0.1) is 9.39 Å². The van der Waals surface area contributed by atoms with Gasteiger partial charge < -0.3 is 0 Å². The molecule has 0 saturated carbocycles. The van der Waals surface area contributed by atoms with E-state index in [2.05, 4.69) is 22.6 Å². The van der Waals surface area contributed by atoms with Crippen LogP contribution in [0.2, 0.25) is 5.02 Å². The van der Waals surface area contributed by atoms with E-state index in [-0.39, 0.29) is 17.2 Å². The highest BCUT2D eigenvalue weighted by atomic mass is 127. The number of hydrogen-bond donors (Lipinski definition) is 0. The predicted octanol–water partition coefficient (Wildman–Crippen LogP) is 4.51. The Morgan fingerprint density at radius 1 is 1.17 bits per heavy atom. The van der Waals surface area contributed by atoms with Gasteiger partial charge in [-0.05, 0) is 52.4 Å². The van der Waals surface area contributed by atoms with Gasteiger partial charge in [0.05, 0.1) is 5.02 Å². The number of carbonyl (C=O) groups excluding carboxylic acids is 1. The second-order valence-corrected chi connectivity index (χ2v) is 5.51. The second-order valence-electron chi connectivity index (χ2n) is 3.86. The van der Waals surface area contributed by atoms with E-state index in [1.165, 1.54) is 12.1 Å². The SMILES string of the molecule is O=C(Cc1ccc(F)c(Cl)c1)c1ccc(I)cc1. The van der Waals surface area contributed by atoms with Crippen LogP contribution in [0.1, 0.15) is 15.9 Å². The van der Waals surface area contributed by atoms with Gasteiger partial charge in [-0.15, -0.1) is 0 Å². The summed E-state index contributed by atoms with van der Waals surface area (Å²) < 4.78 is 14.1. The average molecular weight is 375 g/mol. The largest absolute Gasteiger partial charge is 0.294 e. The molecule has 0 heterocycles. The summed E-state index contributed by atoms with van der Waals surface area (Å²) in [5.74, 6) is -0.476. The molecular formula is C14H9ClFIO. The number of rotatable bonds is 3. The van der Waals surface area contributed by atoms with Crippen LogP contribution in [0.4, 0.5) is 4.39 Å². The fraction of sp³-hybridized carbons (Fsp3) is 0.0714. The maximum Gasteiger partial charge on any atom is 0.167 e. The monoisotopic (exact) mass is 374 g/mol. The molecule has 0 aliphatic carbocycles. The number of benzene rings is 2. The standard InChI is InChI=1S/C14H9ClFIO/c15-12-7-9(1-6-13(12)16)8-14(18)10-2-4-11(17)5-3-10/h1-7H,8H2. The van der Waals surface area contributed by atoms with Gasteiger partial charge in [-0.2, -0.15) is 0 Å². The number of hydrogen-bond acceptors (Lipinski definition) is 1. The lowest BCUT2D eigenvalue weighted by molar-refractivity contribution is 0.0993. The molecule has 0 spiro atoms. The molecule has 2 rings (SSSR count). The van der Waals surface area contributed by atoms with Gasteiger partial charge in [-0.3, -0.25) is 4.79 Å². The van der Waals surface area contributed by atoms with Crippen LogP contribution in [0.5, 0.6) is 0 Å². The van der Waals surface area contributed by atoms with E-state index in [4.69, 9.17) is 11.6 Å². The Morgan fingerprint density at radius 2 is 1.83 bits per heavy atom. The first kappa shape index (κ1) is 13.5. The Kier molecular flexibility index (Phi) is 4.35. The molecule has 0 bridgehead atoms. The predicted molar refractivity (Wildman–Crippen MR) is 78.6 cm³/mol. The lowest BCUT2D eigenvalue weighted by atomic mass is 10.0. The number of halogens is 3. The average Bonchev–Trinajstić information content (AvgIpc) is 2.34. The van der Waals surface area contributed by atoms with Gasteiger partial charge in [0, 0.05) is 15.6 Å². The molecule has 4 heteroatoms. The van der Waals surface area contributed by atoms with E-state index < -0.39 is 5.82 Å². The van der Waals surface area contributed by atoms with E-state index in [0.29, 0.717) is 11.1 Å². The van der Waals surface area contributed by atoms with Crippen molar-refractivity contribution < 1.29 is 9.18 Å². The minimum Gasteiger partial charge on any atom is -0.294 e. The van der Waals surface area contributed by atoms with Crippen molar-refractivity contribution in [3.05, 3.63) is 68.0 Å². The first-order chi connectivity index (χ1) is 8.56. The summed E-state index contributed by atoms with van der Waals surface area (Å²) in [6, 6.07) is 11.7. The van der Waals surface area contributed by atoms with Crippen molar-refractivity contribution in [3.63, 3.8) is 0 Å². The Bertz CT molecular complexity index is 581. The summed E-state index contributed by atoms with van der Waals surface area (Å²) in [4.78, 5) is 12.0.